The highest BCUT2D eigenvalue weighted by atomic mass is 32.2. The maximum atomic E-state index is 14.0. The number of rotatable bonds is 9. The van der Waals surface area contributed by atoms with Crippen molar-refractivity contribution in [2.24, 2.45) is 0 Å². The molecule has 0 saturated heterocycles. The van der Waals surface area contributed by atoms with Gasteiger partial charge < -0.3 is 10.1 Å². The first-order valence-electron chi connectivity index (χ1n) is 7.25. The number of halogens is 1. The minimum Gasteiger partial charge on any atom is -0.492 e. The fraction of sp³-hybridized carbons (Fsp3) is 0.600. The maximum Gasteiger partial charge on any atom is 0.153 e. The molecule has 0 aromatic heterocycles. The number of sulfone groups is 1. The molecule has 0 saturated carbocycles. The third-order valence-electron chi connectivity index (χ3n) is 3.24. The molecular formula is C15H24FNO3S. The summed E-state index contributed by atoms with van der Waals surface area (Å²) in [6, 6.07) is 4.57. The molecule has 1 N–H and O–H groups in total. The number of benzene rings is 1. The van der Waals surface area contributed by atoms with Crippen LogP contribution in [0.1, 0.15) is 38.8 Å². The molecule has 1 rings (SSSR count). The van der Waals surface area contributed by atoms with Crippen LogP contribution < -0.4 is 10.1 Å². The highest BCUT2D eigenvalue weighted by molar-refractivity contribution is 7.91. The molecule has 6 heteroatoms. The quantitative estimate of drug-likeness (QED) is 0.761. The van der Waals surface area contributed by atoms with Crippen molar-refractivity contribution in [3.63, 3.8) is 0 Å². The van der Waals surface area contributed by atoms with Gasteiger partial charge in [-0.1, -0.05) is 19.9 Å². The molecule has 1 aromatic rings. The Balaban J connectivity index is 2.61. The van der Waals surface area contributed by atoms with Gasteiger partial charge in [0.25, 0.3) is 0 Å². The van der Waals surface area contributed by atoms with Gasteiger partial charge in [-0.15, -0.1) is 0 Å². The van der Waals surface area contributed by atoms with Crippen LogP contribution >= 0.6 is 0 Å². The fourth-order valence-corrected chi connectivity index (χ4v) is 2.48. The zero-order valence-corrected chi connectivity index (χ0v) is 13.7. The standard InChI is InChI=1S/C15H24FNO3S/c1-4-8-17-12(3)14-7-6-13(11-15(14)16)20-9-10-21(18,19)5-2/h6-7,11-12,17H,4-5,8-10H2,1-3H3. The first kappa shape index (κ1) is 17.9. The Hall–Kier alpha value is -1.14. The average molecular weight is 317 g/mol. The summed E-state index contributed by atoms with van der Waals surface area (Å²) in [5.74, 6) is 0.0400. The first-order chi connectivity index (χ1) is 9.89. The van der Waals surface area contributed by atoms with E-state index in [0.717, 1.165) is 13.0 Å². The maximum absolute atomic E-state index is 14.0. The van der Waals surface area contributed by atoms with Crippen LogP contribution in [0.15, 0.2) is 18.2 Å². The fourth-order valence-electron chi connectivity index (χ4n) is 1.85. The summed E-state index contributed by atoms with van der Waals surface area (Å²) in [7, 11) is -3.06. The lowest BCUT2D eigenvalue weighted by molar-refractivity contribution is 0.338. The first-order valence-corrected chi connectivity index (χ1v) is 9.07. The smallest absolute Gasteiger partial charge is 0.153 e. The summed E-state index contributed by atoms with van der Waals surface area (Å²) in [5.41, 5.74) is 0.581. The van der Waals surface area contributed by atoms with Crippen molar-refractivity contribution in [3.05, 3.63) is 29.6 Å². The highest BCUT2D eigenvalue weighted by Gasteiger charge is 2.12. The van der Waals surface area contributed by atoms with E-state index < -0.39 is 9.84 Å². The molecule has 0 aliphatic rings. The van der Waals surface area contributed by atoms with E-state index in [1.54, 1.807) is 19.1 Å². The van der Waals surface area contributed by atoms with E-state index in [2.05, 4.69) is 12.2 Å². The summed E-state index contributed by atoms with van der Waals surface area (Å²) in [5, 5.41) is 3.22. The van der Waals surface area contributed by atoms with Crippen molar-refractivity contribution in [2.45, 2.75) is 33.2 Å². The molecule has 4 nitrogen and oxygen atoms in total. The van der Waals surface area contributed by atoms with Crippen molar-refractivity contribution in [2.75, 3.05) is 24.7 Å². The van der Waals surface area contributed by atoms with Crippen LogP contribution in [0.2, 0.25) is 0 Å². The van der Waals surface area contributed by atoms with Gasteiger partial charge in [0.1, 0.15) is 18.2 Å². The van der Waals surface area contributed by atoms with Gasteiger partial charge in [-0.25, -0.2) is 12.8 Å². The Morgan fingerprint density at radius 1 is 1.33 bits per heavy atom. The molecule has 1 aromatic carbocycles. The Labute approximate surface area is 126 Å². The second-order valence-corrected chi connectivity index (χ2v) is 7.42. The van der Waals surface area contributed by atoms with Crippen molar-refractivity contribution in [1.29, 1.82) is 0 Å². The largest absolute Gasteiger partial charge is 0.492 e. The molecule has 0 amide bonds. The Morgan fingerprint density at radius 2 is 2.05 bits per heavy atom. The Kier molecular flexibility index (Phi) is 7.11. The molecule has 120 valence electrons. The predicted molar refractivity (Wildman–Crippen MR) is 82.9 cm³/mol. The lowest BCUT2D eigenvalue weighted by atomic mass is 10.1. The van der Waals surface area contributed by atoms with Crippen LogP contribution in [-0.4, -0.2) is 33.1 Å². The van der Waals surface area contributed by atoms with E-state index in [9.17, 15) is 12.8 Å². The molecule has 0 spiro atoms. The molecule has 0 fully saturated rings. The number of nitrogens with one attached hydrogen (secondary N) is 1. The third-order valence-corrected chi connectivity index (χ3v) is 4.91. The van der Waals surface area contributed by atoms with E-state index in [4.69, 9.17) is 4.74 Å². The number of hydrogen-bond donors (Lipinski definition) is 1. The van der Waals surface area contributed by atoms with E-state index >= 15 is 0 Å². The highest BCUT2D eigenvalue weighted by Crippen LogP contribution is 2.22. The summed E-state index contributed by atoms with van der Waals surface area (Å²) < 4.78 is 42.0. The van der Waals surface area contributed by atoms with Gasteiger partial charge in [0, 0.05) is 23.4 Å². The molecule has 0 aliphatic carbocycles. The molecule has 0 heterocycles. The summed E-state index contributed by atoms with van der Waals surface area (Å²) in [6.45, 7) is 6.42. The van der Waals surface area contributed by atoms with Crippen LogP contribution in [-0.2, 0) is 9.84 Å². The van der Waals surface area contributed by atoms with Crippen LogP contribution in [0.5, 0.6) is 5.75 Å². The molecule has 0 radical (unpaired) electrons. The van der Waals surface area contributed by atoms with Crippen LogP contribution in [0.25, 0.3) is 0 Å². The summed E-state index contributed by atoms with van der Waals surface area (Å²) >= 11 is 0. The normalized spacial score (nSPS) is 13.1. The molecule has 0 bridgehead atoms. The van der Waals surface area contributed by atoms with Crippen molar-refractivity contribution in [1.82, 2.24) is 5.32 Å². The minimum atomic E-state index is -3.06. The SMILES string of the molecule is CCCNC(C)c1ccc(OCCS(=O)(=O)CC)cc1F. The van der Waals surface area contributed by atoms with Crippen LogP contribution in [0.3, 0.4) is 0 Å². The van der Waals surface area contributed by atoms with E-state index in [1.165, 1.54) is 6.07 Å². The molecular weight excluding hydrogens is 293 g/mol. The molecule has 1 atom stereocenters. The lowest BCUT2D eigenvalue weighted by Gasteiger charge is -2.15. The average Bonchev–Trinajstić information content (AvgIpc) is 2.44. The van der Waals surface area contributed by atoms with Crippen LogP contribution in [0.4, 0.5) is 4.39 Å². The van der Waals surface area contributed by atoms with Gasteiger partial charge in [0.05, 0.1) is 5.75 Å². The summed E-state index contributed by atoms with van der Waals surface area (Å²) in [4.78, 5) is 0. The van der Waals surface area contributed by atoms with Crippen molar-refractivity contribution >= 4 is 9.84 Å². The van der Waals surface area contributed by atoms with Crippen LogP contribution in [0, 0.1) is 5.82 Å². The molecule has 0 aliphatic heterocycles. The van der Waals surface area contributed by atoms with Crippen molar-refractivity contribution in [3.8, 4) is 5.75 Å². The van der Waals surface area contributed by atoms with Gasteiger partial charge in [0.2, 0.25) is 0 Å². The van der Waals surface area contributed by atoms with Crippen molar-refractivity contribution < 1.29 is 17.5 Å². The molecule has 1 unspecified atom stereocenters. The van der Waals surface area contributed by atoms with E-state index in [1.807, 2.05) is 6.92 Å². The molecule has 21 heavy (non-hydrogen) atoms. The minimum absolute atomic E-state index is 0.0403. The predicted octanol–water partition coefficient (Wildman–Crippen LogP) is 2.70. The Morgan fingerprint density at radius 3 is 2.62 bits per heavy atom. The lowest BCUT2D eigenvalue weighted by Crippen LogP contribution is -2.20. The van der Waals surface area contributed by atoms with Gasteiger partial charge in [0.15, 0.2) is 9.84 Å². The van der Waals surface area contributed by atoms with E-state index in [-0.39, 0.29) is 30.0 Å². The summed E-state index contributed by atoms with van der Waals surface area (Å²) in [6.07, 6.45) is 0.985. The van der Waals surface area contributed by atoms with Gasteiger partial charge in [-0.2, -0.15) is 0 Å². The topological polar surface area (TPSA) is 55.4 Å². The number of ether oxygens (including phenoxy) is 1. The van der Waals surface area contributed by atoms with E-state index in [0.29, 0.717) is 11.3 Å². The zero-order chi connectivity index (χ0) is 15.9. The Bertz CT molecular complexity index is 546. The second kappa shape index (κ2) is 8.34. The van der Waals surface area contributed by atoms with Gasteiger partial charge >= 0.3 is 0 Å². The second-order valence-electron chi connectivity index (χ2n) is 4.94. The monoisotopic (exact) mass is 317 g/mol. The third kappa shape index (κ3) is 6.01. The zero-order valence-electron chi connectivity index (χ0n) is 12.9. The van der Waals surface area contributed by atoms with Gasteiger partial charge in [-0.3, -0.25) is 0 Å². The number of hydrogen-bond acceptors (Lipinski definition) is 4. The van der Waals surface area contributed by atoms with Gasteiger partial charge in [-0.05, 0) is 26.0 Å².